The zero-order valence-corrected chi connectivity index (χ0v) is 20.4. The summed E-state index contributed by atoms with van der Waals surface area (Å²) in [6, 6.07) is 4.44. The zero-order valence-electron chi connectivity index (χ0n) is 20.4. The lowest BCUT2D eigenvalue weighted by molar-refractivity contribution is -0.181. The molecular weight excluding hydrogens is 484 g/mol. The number of aldehydes is 1. The number of carbonyl (C=O) groups excluding carboxylic acids is 4. The van der Waals surface area contributed by atoms with Gasteiger partial charge in [0.15, 0.2) is 17.9 Å². The molecule has 0 amide bonds. The topological polar surface area (TPSA) is 157 Å². The summed E-state index contributed by atoms with van der Waals surface area (Å²) in [7, 11) is 1.34. The molecule has 2 aromatic rings. The number of Topliss-reactive ketones (excluding diaryl/α,β-unsaturated/α-hetero) is 1. The fraction of sp³-hybridized carbons (Fsp3) is 0.407. The molecule has 0 spiro atoms. The molecule has 2 aromatic carbocycles. The number of aliphatic hydroxyl groups is 1. The van der Waals surface area contributed by atoms with Crippen LogP contribution in [0.2, 0.25) is 0 Å². The minimum Gasteiger partial charge on any atom is -0.507 e. The number of phenols is 2. The fourth-order valence-electron chi connectivity index (χ4n) is 5.55. The van der Waals surface area contributed by atoms with Crippen LogP contribution in [0.25, 0.3) is 0 Å². The lowest BCUT2D eigenvalue weighted by Gasteiger charge is -2.39. The van der Waals surface area contributed by atoms with Gasteiger partial charge in [0.25, 0.3) is 0 Å². The van der Waals surface area contributed by atoms with E-state index in [2.05, 4.69) is 0 Å². The van der Waals surface area contributed by atoms with Crippen molar-refractivity contribution in [1.29, 1.82) is 0 Å². The van der Waals surface area contributed by atoms with E-state index in [4.69, 9.17) is 14.2 Å². The first-order chi connectivity index (χ1) is 17.5. The molecule has 5 atom stereocenters. The van der Waals surface area contributed by atoms with Gasteiger partial charge in [-0.15, -0.1) is 0 Å². The van der Waals surface area contributed by atoms with E-state index < -0.39 is 76.4 Å². The lowest BCUT2D eigenvalue weighted by Crippen LogP contribution is -2.45. The minimum atomic E-state index is -1.98. The third-order valence-corrected chi connectivity index (χ3v) is 7.66. The van der Waals surface area contributed by atoms with Crippen molar-refractivity contribution in [3.05, 3.63) is 51.6 Å². The van der Waals surface area contributed by atoms with Gasteiger partial charge in [0, 0.05) is 41.9 Å². The lowest BCUT2D eigenvalue weighted by atomic mass is 9.72. The van der Waals surface area contributed by atoms with Crippen LogP contribution in [0.15, 0.2) is 18.2 Å². The van der Waals surface area contributed by atoms with Crippen LogP contribution in [0.1, 0.15) is 75.8 Å². The Kier molecular flexibility index (Phi) is 5.93. The summed E-state index contributed by atoms with van der Waals surface area (Å²) in [5.74, 6) is -3.56. The van der Waals surface area contributed by atoms with Crippen LogP contribution < -0.4 is 4.74 Å². The van der Waals surface area contributed by atoms with Gasteiger partial charge in [-0.2, -0.15) is 0 Å². The summed E-state index contributed by atoms with van der Waals surface area (Å²) in [5.41, 5.74) is -2.96. The van der Waals surface area contributed by atoms with Crippen LogP contribution in [0.4, 0.5) is 0 Å². The van der Waals surface area contributed by atoms with Gasteiger partial charge in [-0.3, -0.25) is 14.4 Å². The average molecular weight is 510 g/mol. The van der Waals surface area contributed by atoms with Gasteiger partial charge in [0.05, 0.1) is 36.0 Å². The standard InChI is InChI=1S/C27H26O10/c1-11-13(10-28)7-18(36-11)37-17-9-27(34,12(2)29)8-15-20(17)26(33)22-21(24(15)31)23(30)14-5-4-6-16(35-3)19(14)25(22)32/h4-6,10-11,13,17-18,31,33-34H,7-9H2,1-3H3/t11-,13+,17-,18-,27-/m0/s1. The van der Waals surface area contributed by atoms with E-state index in [0.29, 0.717) is 0 Å². The van der Waals surface area contributed by atoms with Crippen LogP contribution in [0.5, 0.6) is 17.2 Å². The predicted octanol–water partition coefficient (Wildman–Crippen LogP) is 2.16. The first kappa shape index (κ1) is 25.1. The van der Waals surface area contributed by atoms with E-state index in [1.54, 1.807) is 6.92 Å². The number of hydrogen-bond donors (Lipinski definition) is 3. The molecule has 10 nitrogen and oxygen atoms in total. The highest BCUT2D eigenvalue weighted by atomic mass is 16.7. The number of carbonyl (C=O) groups is 4. The van der Waals surface area contributed by atoms with E-state index in [9.17, 15) is 34.5 Å². The van der Waals surface area contributed by atoms with E-state index in [-0.39, 0.29) is 40.8 Å². The number of benzene rings is 2. The highest BCUT2D eigenvalue weighted by molar-refractivity contribution is 6.31. The molecule has 3 aliphatic rings. The Labute approximate surface area is 211 Å². The van der Waals surface area contributed by atoms with Gasteiger partial charge in [-0.25, -0.2) is 0 Å². The number of aromatic hydroxyl groups is 2. The molecule has 37 heavy (non-hydrogen) atoms. The number of hydrogen-bond acceptors (Lipinski definition) is 10. The van der Waals surface area contributed by atoms with E-state index >= 15 is 0 Å². The highest BCUT2D eigenvalue weighted by Crippen LogP contribution is 2.52. The second-order valence-corrected chi connectivity index (χ2v) is 9.78. The molecule has 194 valence electrons. The van der Waals surface area contributed by atoms with Gasteiger partial charge in [0.1, 0.15) is 29.1 Å². The van der Waals surface area contributed by atoms with Gasteiger partial charge in [-0.1, -0.05) is 12.1 Å². The second-order valence-electron chi connectivity index (χ2n) is 9.78. The largest absolute Gasteiger partial charge is 0.507 e. The number of phenolic OH excluding ortho intramolecular Hbond substituents is 2. The summed E-state index contributed by atoms with van der Waals surface area (Å²) in [5, 5.41) is 33.9. The van der Waals surface area contributed by atoms with Crippen molar-refractivity contribution in [2.45, 2.75) is 57.2 Å². The molecule has 1 fully saturated rings. The molecule has 10 heteroatoms. The first-order valence-electron chi connectivity index (χ1n) is 11.9. The number of ketones is 3. The molecule has 1 saturated heterocycles. The van der Waals surface area contributed by atoms with Gasteiger partial charge >= 0.3 is 0 Å². The molecule has 0 unspecified atom stereocenters. The molecule has 3 N–H and O–H groups in total. The van der Waals surface area contributed by atoms with Crippen LogP contribution in [0, 0.1) is 5.92 Å². The summed E-state index contributed by atoms with van der Waals surface area (Å²) < 4.78 is 17.0. The Morgan fingerprint density at radius 1 is 1.14 bits per heavy atom. The third-order valence-electron chi connectivity index (χ3n) is 7.66. The van der Waals surface area contributed by atoms with Crippen molar-refractivity contribution in [2.24, 2.45) is 5.92 Å². The smallest absolute Gasteiger partial charge is 0.202 e. The Bertz CT molecular complexity index is 1360. The van der Waals surface area contributed by atoms with Crippen molar-refractivity contribution >= 4 is 23.6 Å². The summed E-state index contributed by atoms with van der Waals surface area (Å²) in [4.78, 5) is 50.8. The molecule has 0 aromatic heterocycles. The molecule has 0 bridgehead atoms. The van der Waals surface area contributed by atoms with Crippen molar-refractivity contribution in [1.82, 2.24) is 0 Å². The number of methoxy groups -OCH3 is 1. The van der Waals surface area contributed by atoms with E-state index in [1.165, 1.54) is 32.2 Å². The Morgan fingerprint density at radius 3 is 2.46 bits per heavy atom. The van der Waals surface area contributed by atoms with Crippen LogP contribution in [-0.4, -0.2) is 64.1 Å². The SMILES string of the molecule is COc1cccc2c1C(=O)c1c(O)c3c(c(O)c1C2=O)C[C@@](O)(C(C)=O)C[C@@H]3O[C@H]1C[C@H](C=O)[C@H](C)O1. The molecule has 1 aliphatic heterocycles. The summed E-state index contributed by atoms with van der Waals surface area (Å²) in [6.45, 7) is 2.89. The number of rotatable bonds is 5. The monoisotopic (exact) mass is 510 g/mol. The number of fused-ring (bicyclic) bond motifs is 3. The van der Waals surface area contributed by atoms with Gasteiger partial charge < -0.3 is 34.3 Å². The van der Waals surface area contributed by atoms with Crippen LogP contribution >= 0.6 is 0 Å². The summed E-state index contributed by atoms with van der Waals surface area (Å²) >= 11 is 0. The maximum absolute atomic E-state index is 13.6. The van der Waals surface area contributed by atoms with Gasteiger partial charge in [0.2, 0.25) is 5.78 Å². The predicted molar refractivity (Wildman–Crippen MR) is 126 cm³/mol. The Morgan fingerprint density at radius 2 is 1.84 bits per heavy atom. The highest BCUT2D eigenvalue weighted by Gasteiger charge is 2.49. The average Bonchev–Trinajstić information content (AvgIpc) is 3.22. The Balaban J connectivity index is 1.69. The molecule has 0 radical (unpaired) electrons. The van der Waals surface area contributed by atoms with E-state index in [1.807, 2.05) is 0 Å². The zero-order chi connectivity index (χ0) is 26.8. The molecule has 1 heterocycles. The fourth-order valence-corrected chi connectivity index (χ4v) is 5.55. The van der Waals surface area contributed by atoms with Gasteiger partial charge in [-0.05, 0) is 19.9 Å². The van der Waals surface area contributed by atoms with Crippen molar-refractivity contribution in [2.75, 3.05) is 7.11 Å². The molecular formula is C27H26O10. The molecule has 2 aliphatic carbocycles. The van der Waals surface area contributed by atoms with Crippen LogP contribution in [-0.2, 0) is 25.5 Å². The van der Waals surface area contributed by atoms with Crippen molar-refractivity contribution < 1.29 is 48.7 Å². The van der Waals surface area contributed by atoms with Crippen LogP contribution in [0.3, 0.4) is 0 Å². The van der Waals surface area contributed by atoms with Crippen molar-refractivity contribution in [3.63, 3.8) is 0 Å². The van der Waals surface area contributed by atoms with Crippen molar-refractivity contribution in [3.8, 4) is 17.2 Å². The minimum absolute atomic E-state index is 0.00909. The normalized spacial score (nSPS) is 28.3. The van der Waals surface area contributed by atoms with E-state index in [0.717, 1.165) is 6.29 Å². The molecule has 5 rings (SSSR count). The quantitative estimate of drug-likeness (QED) is 0.343. The summed E-state index contributed by atoms with van der Waals surface area (Å²) in [6.07, 6.45) is -2.30. The maximum Gasteiger partial charge on any atom is 0.202 e. The second kappa shape index (κ2) is 8.76. The first-order valence-corrected chi connectivity index (χ1v) is 11.9. The maximum atomic E-state index is 13.6. The third kappa shape index (κ3) is 3.66. The Hall–Kier alpha value is -3.60. The molecule has 0 saturated carbocycles. The number of ether oxygens (including phenoxy) is 3.